The third kappa shape index (κ3) is 2.89. The molecule has 3 aromatic rings. The van der Waals surface area contributed by atoms with E-state index in [1.165, 1.54) is 11.8 Å². The highest BCUT2D eigenvalue weighted by Gasteiger charge is 2.19. The molecule has 0 atom stereocenters. The number of hydrogen-bond donors (Lipinski definition) is 1. The fourth-order valence-corrected chi connectivity index (χ4v) is 2.71. The average molecular weight is 310 g/mol. The van der Waals surface area contributed by atoms with E-state index >= 15 is 0 Å². The van der Waals surface area contributed by atoms with Crippen LogP contribution in [0, 0.1) is 0 Å². The van der Waals surface area contributed by atoms with E-state index in [-0.39, 0.29) is 0 Å². The van der Waals surface area contributed by atoms with E-state index in [1.807, 2.05) is 66.9 Å². The Labute approximate surface area is 131 Å². The van der Waals surface area contributed by atoms with Gasteiger partial charge in [0.15, 0.2) is 0 Å². The van der Waals surface area contributed by atoms with E-state index in [9.17, 15) is 4.79 Å². The summed E-state index contributed by atoms with van der Waals surface area (Å²) in [7, 11) is 0. The van der Waals surface area contributed by atoms with Gasteiger partial charge in [-0.3, -0.25) is 0 Å². The molecule has 0 bridgehead atoms. The lowest BCUT2D eigenvalue weighted by atomic mass is 10.1. The first-order valence-electron chi connectivity index (χ1n) is 6.74. The molecule has 0 radical (unpaired) electrons. The third-order valence-corrected chi connectivity index (χ3v) is 3.84. The second-order valence-electron chi connectivity index (χ2n) is 4.56. The lowest BCUT2D eigenvalue weighted by Crippen LogP contribution is -2.08. The van der Waals surface area contributed by atoms with Gasteiger partial charge in [-0.2, -0.15) is 0 Å². The molecule has 0 amide bonds. The molecule has 1 N–H and O–H groups in total. The van der Waals surface area contributed by atoms with Crippen molar-refractivity contribution in [3.05, 3.63) is 76.6 Å². The maximum atomic E-state index is 12.1. The predicted octanol–water partition coefficient (Wildman–Crippen LogP) is 4.08. The Hall–Kier alpha value is -2.53. The lowest BCUT2D eigenvalue weighted by molar-refractivity contribution is 0.393. The summed E-state index contributed by atoms with van der Waals surface area (Å²) in [6.45, 7) is 0. The van der Waals surface area contributed by atoms with Gasteiger partial charge in [-0.25, -0.2) is 14.9 Å². The molecule has 5 heteroatoms. The van der Waals surface area contributed by atoms with Crippen LogP contribution in [0.5, 0.6) is 0 Å². The number of para-hydroxylation sites is 1. The zero-order valence-electron chi connectivity index (χ0n) is 11.9. The number of hydrogen-bond acceptors (Lipinski definition) is 4. The van der Waals surface area contributed by atoms with Crippen molar-refractivity contribution in [2.24, 2.45) is 4.99 Å². The summed E-state index contributed by atoms with van der Waals surface area (Å²) in [6.07, 6.45) is 1.89. The van der Waals surface area contributed by atoms with Crippen LogP contribution in [0.3, 0.4) is 0 Å². The molecule has 22 heavy (non-hydrogen) atoms. The minimum absolute atomic E-state index is 0.414. The summed E-state index contributed by atoms with van der Waals surface area (Å²) in [6, 6.07) is 19.1. The number of nitrogens with one attached hydrogen (secondary N) is 1. The highest BCUT2D eigenvalue weighted by molar-refractivity contribution is 8.13. The first-order valence-corrected chi connectivity index (χ1v) is 7.97. The van der Waals surface area contributed by atoms with Gasteiger partial charge >= 0.3 is 5.63 Å². The summed E-state index contributed by atoms with van der Waals surface area (Å²) in [5.41, 5.74) is 2.38. The van der Waals surface area contributed by atoms with Gasteiger partial charge in [0.05, 0.1) is 11.4 Å². The van der Waals surface area contributed by atoms with Gasteiger partial charge in [-0.05, 0) is 18.4 Å². The second kappa shape index (κ2) is 6.49. The van der Waals surface area contributed by atoms with Crippen molar-refractivity contribution in [1.29, 1.82) is 0 Å². The van der Waals surface area contributed by atoms with Crippen LogP contribution in [-0.2, 0) is 0 Å². The van der Waals surface area contributed by atoms with Crippen LogP contribution in [0.4, 0.5) is 5.69 Å². The second-order valence-corrected chi connectivity index (χ2v) is 5.36. The first kappa shape index (κ1) is 14.4. The van der Waals surface area contributed by atoms with E-state index < -0.39 is 5.63 Å². The maximum absolute atomic E-state index is 12.1. The Morgan fingerprint density at radius 1 is 1.05 bits per heavy atom. The molecule has 0 saturated heterocycles. The lowest BCUT2D eigenvalue weighted by Gasteiger charge is -2.03. The van der Waals surface area contributed by atoms with Crippen molar-refractivity contribution in [2.45, 2.75) is 0 Å². The number of aromatic nitrogens is 1. The molecule has 2 aromatic carbocycles. The maximum Gasteiger partial charge on any atom is 0.367 e. The van der Waals surface area contributed by atoms with Gasteiger partial charge in [-0.1, -0.05) is 48.5 Å². The molecule has 0 fully saturated rings. The van der Waals surface area contributed by atoms with Crippen LogP contribution in [-0.4, -0.2) is 16.5 Å². The van der Waals surface area contributed by atoms with Crippen LogP contribution in [0.1, 0.15) is 5.56 Å². The number of aliphatic imine (C=N–C) groups is 1. The number of aromatic amines is 1. The molecule has 0 spiro atoms. The molecule has 1 heterocycles. The minimum atomic E-state index is -0.414. The van der Waals surface area contributed by atoms with Crippen LogP contribution >= 0.6 is 11.8 Å². The third-order valence-electron chi connectivity index (χ3n) is 3.16. The minimum Gasteiger partial charge on any atom is -0.338 e. The quantitative estimate of drug-likeness (QED) is 0.586. The van der Waals surface area contributed by atoms with Crippen molar-refractivity contribution in [2.75, 3.05) is 6.26 Å². The summed E-state index contributed by atoms with van der Waals surface area (Å²) in [5.74, 6) is 0. The molecule has 1 aromatic heterocycles. The average Bonchev–Trinajstić information content (AvgIpc) is 2.96. The molecule has 3 rings (SSSR count). The van der Waals surface area contributed by atoms with E-state index in [0.717, 1.165) is 11.3 Å². The molecular weight excluding hydrogens is 296 g/mol. The predicted molar refractivity (Wildman–Crippen MR) is 90.9 cm³/mol. The fraction of sp³-hybridized carbons (Fsp3) is 0.0588. The van der Waals surface area contributed by atoms with E-state index in [1.54, 1.807) is 0 Å². The van der Waals surface area contributed by atoms with Gasteiger partial charge in [0, 0.05) is 5.56 Å². The molecule has 0 aliphatic heterocycles. The van der Waals surface area contributed by atoms with Crippen LogP contribution in [0.2, 0.25) is 0 Å². The highest BCUT2D eigenvalue weighted by Crippen LogP contribution is 2.24. The molecule has 0 unspecified atom stereocenters. The number of nitrogens with zero attached hydrogens (tertiary/aromatic N) is 1. The number of thioether (sulfide) groups is 1. The Balaban J connectivity index is 2.13. The van der Waals surface area contributed by atoms with E-state index in [4.69, 9.17) is 4.52 Å². The Kier molecular flexibility index (Phi) is 4.25. The van der Waals surface area contributed by atoms with Crippen molar-refractivity contribution in [3.8, 4) is 11.3 Å². The Morgan fingerprint density at radius 2 is 1.68 bits per heavy atom. The van der Waals surface area contributed by atoms with Gasteiger partial charge in [-0.15, -0.1) is 11.8 Å². The smallest absolute Gasteiger partial charge is 0.338 e. The molecule has 110 valence electrons. The molecule has 0 aliphatic rings. The first-order chi connectivity index (χ1) is 10.8. The van der Waals surface area contributed by atoms with Crippen molar-refractivity contribution in [1.82, 2.24) is 5.16 Å². The molecule has 0 saturated carbocycles. The SMILES string of the molecule is CSC(=Nc1ccccc1)c1c(-c2ccccc2)[nH]oc1=O. The van der Waals surface area contributed by atoms with Gasteiger partial charge in [0.2, 0.25) is 0 Å². The summed E-state index contributed by atoms with van der Waals surface area (Å²) >= 11 is 1.42. The van der Waals surface area contributed by atoms with Crippen molar-refractivity contribution in [3.63, 3.8) is 0 Å². The van der Waals surface area contributed by atoms with Crippen LogP contribution in [0.15, 0.2) is 75.0 Å². The van der Waals surface area contributed by atoms with E-state index in [2.05, 4.69) is 10.1 Å². The van der Waals surface area contributed by atoms with Gasteiger partial charge in [0.1, 0.15) is 10.6 Å². The van der Waals surface area contributed by atoms with Crippen molar-refractivity contribution < 1.29 is 4.52 Å². The highest BCUT2D eigenvalue weighted by atomic mass is 32.2. The molecule has 0 aliphatic carbocycles. The normalized spacial score (nSPS) is 11.6. The number of rotatable bonds is 3. The number of benzene rings is 2. The van der Waals surface area contributed by atoms with Gasteiger partial charge < -0.3 is 4.52 Å². The molecule has 4 nitrogen and oxygen atoms in total. The molecular formula is C17H14N2O2S. The standard InChI is InChI=1S/C17H14N2O2S/c1-22-16(18-13-10-6-3-7-11-13)14-15(19-21-17(14)20)12-8-4-2-5-9-12/h2-11,19H,1H3. The van der Waals surface area contributed by atoms with Crippen LogP contribution < -0.4 is 5.63 Å². The Morgan fingerprint density at radius 3 is 2.32 bits per heavy atom. The Bertz CT molecular complexity index is 836. The van der Waals surface area contributed by atoms with Gasteiger partial charge in [0.25, 0.3) is 0 Å². The van der Waals surface area contributed by atoms with Crippen LogP contribution in [0.25, 0.3) is 11.3 Å². The van der Waals surface area contributed by atoms with E-state index in [0.29, 0.717) is 16.3 Å². The zero-order valence-corrected chi connectivity index (χ0v) is 12.8. The number of H-pyrrole nitrogens is 1. The summed E-state index contributed by atoms with van der Waals surface area (Å²) < 4.78 is 5.00. The monoisotopic (exact) mass is 310 g/mol. The van der Waals surface area contributed by atoms with Crippen molar-refractivity contribution >= 4 is 22.5 Å². The topological polar surface area (TPSA) is 58.4 Å². The fourth-order valence-electron chi connectivity index (χ4n) is 2.13. The summed E-state index contributed by atoms with van der Waals surface area (Å²) in [4.78, 5) is 16.7. The zero-order chi connectivity index (χ0) is 15.4. The summed E-state index contributed by atoms with van der Waals surface area (Å²) in [5, 5.41) is 3.33. The largest absolute Gasteiger partial charge is 0.367 e.